The van der Waals surface area contributed by atoms with Crippen molar-refractivity contribution < 1.29 is 99.4 Å². The number of rotatable bonds is 39. The van der Waals surface area contributed by atoms with Crippen LogP contribution in [0, 0.1) is 23.0 Å². The topological polar surface area (TPSA) is 321 Å². The van der Waals surface area contributed by atoms with Crippen LogP contribution in [0.1, 0.15) is 30.2 Å². The summed E-state index contributed by atoms with van der Waals surface area (Å²) in [5.74, 6) is -4.35. The van der Waals surface area contributed by atoms with Gasteiger partial charge in [0.1, 0.15) is 54.3 Å². The molecule has 26 nitrogen and oxygen atoms in total. The highest BCUT2D eigenvalue weighted by Gasteiger charge is 2.50. The Balaban J connectivity index is 0.652. The summed E-state index contributed by atoms with van der Waals surface area (Å²) in [5.41, 5.74) is 10.4. The molecule has 1 aliphatic carbocycles. The number of hydrogen-bond acceptors (Lipinski definition) is 23. The Morgan fingerprint density at radius 2 is 1.43 bits per heavy atom. The molecule has 7 rings (SSSR count). The van der Waals surface area contributed by atoms with E-state index < -0.39 is 67.7 Å². The van der Waals surface area contributed by atoms with Crippen molar-refractivity contribution in [2.24, 2.45) is 5.11 Å². The molecule has 2 aromatic carbocycles. The third-order valence-corrected chi connectivity index (χ3v) is 13.4. The predicted molar refractivity (Wildman–Crippen MR) is 278 cm³/mol. The van der Waals surface area contributed by atoms with Crippen LogP contribution in [0.25, 0.3) is 11.0 Å². The van der Waals surface area contributed by atoms with Gasteiger partial charge < -0.3 is 87.1 Å². The smallest absolute Gasteiger partial charge is 0.350 e. The van der Waals surface area contributed by atoms with Gasteiger partial charge in [0.25, 0.3) is 0 Å². The van der Waals surface area contributed by atoms with Crippen molar-refractivity contribution >= 4 is 42.0 Å². The molecule has 0 bridgehead atoms. The summed E-state index contributed by atoms with van der Waals surface area (Å²) in [7, 11) is -4.44. The van der Waals surface area contributed by atoms with E-state index in [0.717, 1.165) is 18.6 Å². The number of anilines is 1. The van der Waals surface area contributed by atoms with Gasteiger partial charge in [0.15, 0.2) is 23.5 Å². The van der Waals surface area contributed by atoms with Crippen molar-refractivity contribution in [2.45, 2.75) is 49.2 Å². The van der Waals surface area contributed by atoms with Crippen LogP contribution in [0.5, 0.6) is 11.5 Å². The zero-order valence-corrected chi connectivity index (χ0v) is 45.8. The van der Waals surface area contributed by atoms with Crippen molar-refractivity contribution in [3.63, 3.8) is 0 Å². The second-order valence-electron chi connectivity index (χ2n) is 18.6. The molecule has 1 spiro atoms. The zero-order chi connectivity index (χ0) is 57.6. The number of nitrogens with one attached hydrogen (secondary N) is 2. The summed E-state index contributed by atoms with van der Waals surface area (Å²) in [4.78, 5) is 40.9. The van der Waals surface area contributed by atoms with Gasteiger partial charge in [-0.1, -0.05) is 6.07 Å². The number of carbonyl (C=O) groups is 1. The van der Waals surface area contributed by atoms with Crippen LogP contribution in [-0.2, 0) is 68.6 Å². The standard InChI is InChI=1S/C50H67ClF3N8O18P/c51-49-58-46(37-27-57-62(47(37)59-49)48-44(65)43(64)41(79-48)29-77-32-81(66,67)68)61-30-50(31-61)5-3-33-1-2-36(25-38(33)50)78-22-21-75-18-17-73-15-16-74-19-20-76-28-35(60-55)26-56-6-8-70-10-12-72-14-13-71-11-9-69-7-4-42(63)80-45-39(53)23-34(52)24-40(45)54/h1-2,23-27,41,43-44,48,55-56,64-65H,3-22,28-32H2,(H2,66,67,68)/b35-26-,60-55?/t41-,43-,44-,48-/m1/s1. The van der Waals surface area contributed by atoms with Crippen LogP contribution in [0.15, 0.2) is 53.5 Å². The van der Waals surface area contributed by atoms with Crippen LogP contribution in [0.2, 0.25) is 5.28 Å². The Kier molecular flexibility index (Phi) is 25.2. The van der Waals surface area contributed by atoms with Crippen LogP contribution in [0.3, 0.4) is 0 Å². The maximum Gasteiger partial charge on any atom is 0.350 e. The molecule has 2 aliphatic heterocycles. The number of aromatic nitrogens is 4. The molecule has 3 aliphatic rings. The summed E-state index contributed by atoms with van der Waals surface area (Å²) in [5, 5.41) is 32.9. The average molecular weight is 1190 g/mol. The molecular weight excluding hydrogens is 1120 g/mol. The Bertz CT molecular complexity index is 2710. The van der Waals surface area contributed by atoms with Crippen molar-refractivity contribution in [3.8, 4) is 11.5 Å². The van der Waals surface area contributed by atoms with Gasteiger partial charge in [-0.2, -0.15) is 20.2 Å². The normalized spacial score (nSPS) is 18.7. The molecule has 31 heteroatoms. The predicted octanol–water partition coefficient (Wildman–Crippen LogP) is 3.34. The van der Waals surface area contributed by atoms with Gasteiger partial charge in [0.2, 0.25) is 11.0 Å². The number of benzene rings is 2. The number of aliphatic hydroxyl groups excluding tert-OH is 2. The summed E-state index contributed by atoms with van der Waals surface area (Å²) in [6.07, 6.45) is -1.28. The van der Waals surface area contributed by atoms with E-state index in [-0.39, 0.29) is 55.8 Å². The molecule has 2 saturated heterocycles. The third-order valence-electron chi connectivity index (χ3n) is 12.7. The number of ether oxygens (including phenoxy) is 12. The van der Waals surface area contributed by atoms with Crippen molar-refractivity contribution in [1.29, 1.82) is 5.53 Å². The molecule has 4 heterocycles. The molecule has 0 amide bonds. The van der Waals surface area contributed by atoms with E-state index in [0.29, 0.717) is 135 Å². The van der Waals surface area contributed by atoms with Crippen LogP contribution in [-0.4, -0.2) is 209 Å². The van der Waals surface area contributed by atoms with E-state index in [9.17, 15) is 32.7 Å². The first-order valence-electron chi connectivity index (χ1n) is 26.0. The average Bonchev–Trinajstić information content (AvgIpc) is 4.13. The molecule has 0 saturated carbocycles. The zero-order valence-electron chi connectivity index (χ0n) is 44.2. The highest BCUT2D eigenvalue weighted by atomic mass is 35.5. The number of carbonyl (C=O) groups excluding carboxylic acids is 1. The number of aryl methyl sites for hydroxylation is 1. The van der Waals surface area contributed by atoms with Gasteiger partial charge in [0.05, 0.1) is 130 Å². The lowest BCUT2D eigenvalue weighted by Crippen LogP contribution is -2.58. The molecule has 4 atom stereocenters. The van der Waals surface area contributed by atoms with Crippen molar-refractivity contribution in [1.82, 2.24) is 25.1 Å². The maximum atomic E-state index is 13.6. The summed E-state index contributed by atoms with van der Waals surface area (Å²) < 4.78 is 118. The molecule has 6 N–H and O–H groups in total. The first-order valence-corrected chi connectivity index (χ1v) is 28.1. The highest BCUT2D eigenvalue weighted by Crippen LogP contribution is 2.49. The number of halogens is 4. The molecule has 2 fully saturated rings. The molecule has 0 radical (unpaired) electrons. The number of hydrogen-bond donors (Lipinski definition) is 6. The molecule has 0 unspecified atom stereocenters. The van der Waals surface area contributed by atoms with Crippen molar-refractivity contribution in [3.05, 3.63) is 82.3 Å². The Hall–Kier alpha value is -5.05. The molecule has 81 heavy (non-hydrogen) atoms. The van der Waals surface area contributed by atoms with E-state index in [1.165, 1.54) is 15.8 Å². The fourth-order valence-electron chi connectivity index (χ4n) is 8.89. The van der Waals surface area contributed by atoms with Gasteiger partial charge in [-0.25, -0.2) is 23.4 Å². The van der Waals surface area contributed by atoms with Crippen LogP contribution in [0.4, 0.5) is 19.0 Å². The van der Waals surface area contributed by atoms with E-state index in [2.05, 4.69) is 47.3 Å². The first kappa shape index (κ1) is 63.5. The summed E-state index contributed by atoms with van der Waals surface area (Å²) in [6.45, 7) is 6.47. The van der Waals surface area contributed by atoms with Gasteiger partial charge >= 0.3 is 13.6 Å². The third kappa shape index (κ3) is 19.2. The second-order valence-corrected chi connectivity index (χ2v) is 20.5. The fourth-order valence-corrected chi connectivity index (χ4v) is 9.39. The van der Waals surface area contributed by atoms with Gasteiger partial charge in [-0.15, -0.1) is 0 Å². The van der Waals surface area contributed by atoms with Gasteiger partial charge in [-0.3, -0.25) is 9.36 Å². The Morgan fingerprint density at radius 1 is 0.827 bits per heavy atom. The van der Waals surface area contributed by atoms with Crippen molar-refractivity contribution in [2.75, 3.05) is 150 Å². The lowest BCUT2D eigenvalue weighted by atomic mass is 9.74. The number of fused-ring (bicyclic) bond motifs is 3. The number of nitrogens with zero attached hydrogens (tertiary/aromatic N) is 6. The maximum absolute atomic E-state index is 13.6. The SMILES string of the molecule is N=N/C(=C\NCCOCCOCCOCCOCCC(=O)Oc1c(F)cc(F)cc1F)COCCOCCOCCOCCOc1ccc2c(c1)C1(CC2)CN(c2nc(Cl)nc3c2cnn3[C@@H]2O[C@H](COCP(=O)(O)O)[C@@H](O)[C@H]2O)C1. The Labute approximate surface area is 468 Å². The largest absolute Gasteiger partial charge is 0.491 e. The quantitative estimate of drug-likeness (QED) is 0.00932. The molecule has 4 aromatic rings. The number of esters is 1. The molecule has 448 valence electrons. The van der Waals surface area contributed by atoms with E-state index in [4.69, 9.17) is 79.0 Å². The minimum absolute atomic E-state index is 0.0469. The molecule has 2 aromatic heterocycles. The monoisotopic (exact) mass is 1190 g/mol. The minimum Gasteiger partial charge on any atom is -0.491 e. The number of aliphatic hydroxyl groups is 2. The van der Waals surface area contributed by atoms with E-state index >= 15 is 0 Å². The lowest BCUT2D eigenvalue weighted by molar-refractivity contribution is -0.136. The first-order chi connectivity index (χ1) is 39.1. The van der Waals surface area contributed by atoms with Crippen LogP contribution >= 0.6 is 19.2 Å². The van der Waals surface area contributed by atoms with E-state index in [1.54, 1.807) is 12.4 Å². The Morgan fingerprint density at radius 3 is 2.06 bits per heavy atom. The van der Waals surface area contributed by atoms with Gasteiger partial charge in [0, 0.05) is 43.4 Å². The molecular formula is C50H67ClF3N8O18P. The highest BCUT2D eigenvalue weighted by molar-refractivity contribution is 7.51. The summed E-state index contributed by atoms with van der Waals surface area (Å²) >= 11 is 6.42. The fraction of sp³-hybridized carbons (Fsp3) is 0.600. The van der Waals surface area contributed by atoms with Crippen LogP contribution < -0.4 is 19.7 Å². The van der Waals surface area contributed by atoms with Gasteiger partial charge in [-0.05, 0) is 47.7 Å². The summed E-state index contributed by atoms with van der Waals surface area (Å²) in [6, 6.07) is 6.99. The van der Waals surface area contributed by atoms with E-state index in [1.807, 2.05) is 6.07 Å². The minimum atomic E-state index is -4.44. The lowest BCUT2D eigenvalue weighted by Gasteiger charge is -2.49. The second kappa shape index (κ2) is 32.1.